The van der Waals surface area contributed by atoms with Gasteiger partial charge in [-0.25, -0.2) is 9.38 Å². The van der Waals surface area contributed by atoms with Crippen LogP contribution in [-0.4, -0.2) is 40.5 Å². The molecule has 0 radical (unpaired) electrons. The number of aliphatic imine (C=N–C) groups is 1. The molecule has 0 spiro atoms. The van der Waals surface area contributed by atoms with Crippen molar-refractivity contribution in [1.29, 1.82) is 0 Å². The van der Waals surface area contributed by atoms with E-state index in [1.54, 1.807) is 0 Å². The molecular formula is C14H16F4N2OS. The number of amidine groups is 1. The lowest BCUT2D eigenvalue weighted by Gasteiger charge is -2.13. The van der Waals surface area contributed by atoms with E-state index in [-0.39, 0.29) is 16.1 Å². The first kappa shape index (κ1) is 16.9. The number of hydrogen-bond donors (Lipinski definition) is 0. The van der Waals surface area contributed by atoms with Gasteiger partial charge in [-0.05, 0) is 31.0 Å². The molecule has 0 aliphatic carbocycles. The summed E-state index contributed by atoms with van der Waals surface area (Å²) >= 11 is 0. The quantitative estimate of drug-likeness (QED) is 0.791. The molecule has 1 fully saturated rings. The summed E-state index contributed by atoms with van der Waals surface area (Å²) in [6.45, 7) is 2.24. The molecule has 1 aliphatic rings. The Bertz CT molecular complexity index is 628. The van der Waals surface area contributed by atoms with E-state index in [4.69, 9.17) is 0 Å². The lowest BCUT2D eigenvalue weighted by Crippen LogP contribution is -2.19. The molecule has 122 valence electrons. The average molecular weight is 336 g/mol. The van der Waals surface area contributed by atoms with Gasteiger partial charge >= 0.3 is 6.18 Å². The fraction of sp³-hybridized carbons (Fsp3) is 0.500. The second-order valence-electron chi connectivity index (χ2n) is 5.23. The minimum Gasteiger partial charge on any atom is -0.363 e. The van der Waals surface area contributed by atoms with Gasteiger partial charge in [0.2, 0.25) is 0 Å². The maximum absolute atomic E-state index is 14.0. The van der Waals surface area contributed by atoms with Crippen LogP contribution in [0.15, 0.2) is 22.0 Å². The molecular weight excluding hydrogens is 320 g/mol. The van der Waals surface area contributed by atoms with E-state index in [0.29, 0.717) is 12.3 Å². The average Bonchev–Trinajstić information content (AvgIpc) is 2.76. The Labute approximate surface area is 128 Å². The number of likely N-dealkylation sites (tertiary alicyclic amines) is 1. The van der Waals surface area contributed by atoms with Crippen molar-refractivity contribution in [3.63, 3.8) is 0 Å². The smallest absolute Gasteiger partial charge is 0.363 e. The second kappa shape index (κ2) is 6.36. The summed E-state index contributed by atoms with van der Waals surface area (Å²) in [5.74, 6) is -1.40. The maximum Gasteiger partial charge on any atom is 0.400 e. The summed E-state index contributed by atoms with van der Waals surface area (Å²) in [5.41, 5.74) is 0.156. The SMILES string of the molecule is Cc1cc(F)c(N=C2CCCN2C)cc1S(=O)CC(F)(F)F. The van der Waals surface area contributed by atoms with E-state index in [0.717, 1.165) is 25.1 Å². The molecule has 8 heteroatoms. The molecule has 1 aromatic carbocycles. The number of alkyl halides is 3. The summed E-state index contributed by atoms with van der Waals surface area (Å²) in [6.07, 6.45) is -2.95. The van der Waals surface area contributed by atoms with Gasteiger partial charge in [-0.1, -0.05) is 0 Å². The number of aryl methyl sites for hydroxylation is 1. The van der Waals surface area contributed by atoms with Crippen molar-refractivity contribution in [2.24, 2.45) is 4.99 Å². The molecule has 1 heterocycles. The Hall–Kier alpha value is -1.44. The van der Waals surface area contributed by atoms with Crippen LogP contribution < -0.4 is 0 Å². The van der Waals surface area contributed by atoms with Crippen molar-refractivity contribution in [2.75, 3.05) is 19.3 Å². The molecule has 0 amide bonds. The zero-order valence-electron chi connectivity index (χ0n) is 12.2. The predicted molar refractivity (Wildman–Crippen MR) is 77.4 cm³/mol. The highest BCUT2D eigenvalue weighted by Gasteiger charge is 2.31. The summed E-state index contributed by atoms with van der Waals surface area (Å²) in [4.78, 5) is 6.01. The number of benzene rings is 1. The first-order valence-electron chi connectivity index (χ1n) is 6.71. The Morgan fingerprint density at radius 2 is 2.05 bits per heavy atom. The Balaban J connectivity index is 2.37. The van der Waals surface area contributed by atoms with Crippen molar-refractivity contribution in [2.45, 2.75) is 30.8 Å². The summed E-state index contributed by atoms with van der Waals surface area (Å²) in [7, 11) is -0.449. The highest BCUT2D eigenvalue weighted by Crippen LogP contribution is 2.28. The second-order valence-corrected chi connectivity index (χ2v) is 6.65. The van der Waals surface area contributed by atoms with Crippen LogP contribution in [0.3, 0.4) is 0 Å². The van der Waals surface area contributed by atoms with Crippen molar-refractivity contribution in [1.82, 2.24) is 4.90 Å². The standard InChI is InChI=1S/C14H16F4N2OS/c1-9-6-10(15)11(19-13-4-3-5-20(13)2)7-12(9)22(21)8-14(16,17)18/h6-7H,3-5,8H2,1-2H3. The van der Waals surface area contributed by atoms with Gasteiger partial charge in [0.05, 0.1) is 10.8 Å². The van der Waals surface area contributed by atoms with Crippen LogP contribution in [0.5, 0.6) is 0 Å². The highest BCUT2D eigenvalue weighted by molar-refractivity contribution is 7.85. The molecule has 22 heavy (non-hydrogen) atoms. The van der Waals surface area contributed by atoms with Crippen LogP contribution in [0.1, 0.15) is 18.4 Å². The van der Waals surface area contributed by atoms with Gasteiger partial charge in [-0.2, -0.15) is 13.2 Å². The summed E-state index contributed by atoms with van der Waals surface area (Å²) in [5, 5.41) is 0. The normalized spacial score (nSPS) is 19.0. The molecule has 3 nitrogen and oxygen atoms in total. The van der Waals surface area contributed by atoms with Crippen LogP contribution in [0.2, 0.25) is 0 Å². The van der Waals surface area contributed by atoms with Gasteiger partial charge in [-0.3, -0.25) is 4.21 Å². The molecule has 1 saturated heterocycles. The number of rotatable bonds is 3. The highest BCUT2D eigenvalue weighted by atomic mass is 32.2. The Morgan fingerprint density at radius 3 is 2.59 bits per heavy atom. The number of nitrogens with zero attached hydrogens (tertiary/aromatic N) is 2. The predicted octanol–water partition coefficient (Wildman–Crippen LogP) is 3.56. The molecule has 0 saturated carbocycles. The van der Waals surface area contributed by atoms with Gasteiger partial charge in [-0.15, -0.1) is 0 Å². The van der Waals surface area contributed by atoms with Gasteiger partial charge in [0.1, 0.15) is 23.1 Å². The van der Waals surface area contributed by atoms with Crippen LogP contribution in [0.4, 0.5) is 23.2 Å². The fourth-order valence-corrected chi connectivity index (χ4v) is 3.39. The molecule has 1 atom stereocenters. The van der Waals surface area contributed by atoms with Crippen LogP contribution in [0, 0.1) is 12.7 Å². The van der Waals surface area contributed by atoms with Crippen LogP contribution >= 0.6 is 0 Å². The zero-order chi connectivity index (χ0) is 16.5. The number of halogens is 4. The Morgan fingerprint density at radius 1 is 1.36 bits per heavy atom. The third-order valence-electron chi connectivity index (χ3n) is 3.37. The lowest BCUT2D eigenvalue weighted by molar-refractivity contribution is -0.105. The topological polar surface area (TPSA) is 32.7 Å². The third kappa shape index (κ3) is 4.06. The van der Waals surface area contributed by atoms with E-state index < -0.39 is 28.5 Å². The zero-order valence-corrected chi connectivity index (χ0v) is 13.0. The fourth-order valence-electron chi connectivity index (χ4n) is 2.27. The van der Waals surface area contributed by atoms with E-state index in [1.165, 1.54) is 6.92 Å². The van der Waals surface area contributed by atoms with Crippen molar-refractivity contribution >= 4 is 22.3 Å². The van der Waals surface area contributed by atoms with E-state index in [1.807, 2.05) is 11.9 Å². The van der Waals surface area contributed by atoms with E-state index in [9.17, 15) is 21.8 Å². The monoisotopic (exact) mass is 336 g/mol. The molecule has 0 N–H and O–H groups in total. The third-order valence-corrected chi connectivity index (χ3v) is 4.89. The summed E-state index contributed by atoms with van der Waals surface area (Å²) < 4.78 is 63.0. The van der Waals surface area contributed by atoms with Crippen molar-refractivity contribution < 1.29 is 21.8 Å². The first-order valence-corrected chi connectivity index (χ1v) is 8.03. The van der Waals surface area contributed by atoms with Crippen molar-refractivity contribution in [3.05, 3.63) is 23.5 Å². The summed E-state index contributed by atoms with van der Waals surface area (Å²) in [6, 6.07) is 2.24. The van der Waals surface area contributed by atoms with Gasteiger partial charge in [0.15, 0.2) is 0 Å². The largest absolute Gasteiger partial charge is 0.400 e. The molecule has 1 aromatic rings. The molecule has 2 rings (SSSR count). The van der Waals surface area contributed by atoms with Gasteiger partial charge in [0, 0.05) is 24.9 Å². The van der Waals surface area contributed by atoms with Gasteiger partial charge in [0.25, 0.3) is 0 Å². The maximum atomic E-state index is 14.0. The molecule has 1 unspecified atom stereocenters. The number of hydrogen-bond acceptors (Lipinski definition) is 2. The molecule has 0 bridgehead atoms. The van der Waals surface area contributed by atoms with Crippen LogP contribution in [0.25, 0.3) is 0 Å². The van der Waals surface area contributed by atoms with Crippen molar-refractivity contribution in [3.8, 4) is 0 Å². The minimum atomic E-state index is -4.54. The first-order chi connectivity index (χ1) is 10.2. The van der Waals surface area contributed by atoms with Gasteiger partial charge < -0.3 is 4.90 Å². The molecule has 0 aromatic heterocycles. The van der Waals surface area contributed by atoms with E-state index >= 15 is 0 Å². The lowest BCUT2D eigenvalue weighted by atomic mass is 10.2. The van der Waals surface area contributed by atoms with Crippen LogP contribution in [-0.2, 0) is 10.8 Å². The Kier molecular flexibility index (Phi) is 4.89. The minimum absolute atomic E-state index is 0.0290. The van der Waals surface area contributed by atoms with E-state index in [2.05, 4.69) is 4.99 Å². The molecule has 1 aliphatic heterocycles.